The Labute approximate surface area is 139 Å². The molecule has 0 N–H and O–H groups in total. The van der Waals surface area contributed by atoms with Crippen molar-refractivity contribution in [3.63, 3.8) is 0 Å². The Kier molecular flexibility index (Phi) is 4.31. The third-order valence-electron chi connectivity index (χ3n) is 3.27. The molecule has 3 aromatic rings. The molecule has 0 aliphatic heterocycles. The highest BCUT2D eigenvalue weighted by atomic mass is 35.5. The topological polar surface area (TPSA) is 56.5 Å². The zero-order valence-corrected chi connectivity index (χ0v) is 12.8. The van der Waals surface area contributed by atoms with Crippen LogP contribution in [-0.2, 0) is 5.88 Å². The highest BCUT2D eigenvalue weighted by Gasteiger charge is 2.18. The van der Waals surface area contributed by atoms with Gasteiger partial charge in [0.25, 0.3) is 0 Å². The van der Waals surface area contributed by atoms with Gasteiger partial charge in [-0.15, -0.1) is 11.6 Å². The van der Waals surface area contributed by atoms with Crippen molar-refractivity contribution < 1.29 is 22.7 Å². The van der Waals surface area contributed by atoms with E-state index in [4.69, 9.17) is 20.8 Å². The van der Waals surface area contributed by atoms with Crippen molar-refractivity contribution in [1.82, 2.24) is 0 Å². The van der Waals surface area contributed by atoms with Gasteiger partial charge in [0, 0.05) is 17.3 Å². The SMILES string of the molecule is O=C(Oc1cc(F)ccc1F)c1cc2cc(CCl)ccc2oc1=O. The van der Waals surface area contributed by atoms with E-state index in [1.165, 1.54) is 6.07 Å². The summed E-state index contributed by atoms with van der Waals surface area (Å²) in [4.78, 5) is 24.0. The van der Waals surface area contributed by atoms with E-state index >= 15 is 0 Å². The van der Waals surface area contributed by atoms with E-state index in [1.807, 2.05) is 0 Å². The van der Waals surface area contributed by atoms with Crippen LogP contribution >= 0.6 is 11.6 Å². The molecule has 0 saturated carbocycles. The predicted octanol–water partition coefficient (Wildman–Crippen LogP) is 4.03. The van der Waals surface area contributed by atoms with Crippen LogP contribution in [0.3, 0.4) is 0 Å². The van der Waals surface area contributed by atoms with Crippen LogP contribution in [0.2, 0.25) is 0 Å². The maximum atomic E-state index is 13.5. The van der Waals surface area contributed by atoms with Gasteiger partial charge in [-0.1, -0.05) is 6.07 Å². The number of esters is 1. The number of hydrogen-bond acceptors (Lipinski definition) is 4. The minimum atomic E-state index is -1.15. The Morgan fingerprint density at radius 1 is 1.12 bits per heavy atom. The molecule has 0 fully saturated rings. The number of rotatable bonds is 3. The molecule has 0 radical (unpaired) electrons. The summed E-state index contributed by atoms with van der Waals surface area (Å²) in [5, 5.41) is 0.458. The van der Waals surface area contributed by atoms with Gasteiger partial charge >= 0.3 is 11.6 Å². The zero-order valence-electron chi connectivity index (χ0n) is 12.0. The molecule has 1 heterocycles. The summed E-state index contributed by atoms with van der Waals surface area (Å²) in [5.41, 5.74) is -0.350. The summed E-state index contributed by atoms with van der Waals surface area (Å²) in [5.74, 6) is -3.24. The lowest BCUT2D eigenvalue weighted by atomic mass is 10.1. The zero-order chi connectivity index (χ0) is 17.3. The summed E-state index contributed by atoms with van der Waals surface area (Å²) >= 11 is 5.74. The molecular weight excluding hydrogens is 342 g/mol. The number of alkyl halides is 1. The normalized spacial score (nSPS) is 10.8. The Bertz CT molecular complexity index is 998. The Hall–Kier alpha value is -2.73. The molecule has 24 heavy (non-hydrogen) atoms. The maximum absolute atomic E-state index is 13.5. The molecule has 0 atom stereocenters. The van der Waals surface area contributed by atoms with Crippen molar-refractivity contribution in [2.45, 2.75) is 5.88 Å². The fraction of sp³-hybridized carbons (Fsp3) is 0.0588. The molecule has 0 aliphatic carbocycles. The number of carbonyl (C=O) groups is 1. The standard InChI is InChI=1S/C17H9ClF2O4/c18-8-9-1-4-14-10(5-9)6-12(16(21)23-14)17(22)24-15-7-11(19)2-3-13(15)20/h1-7H,8H2. The summed E-state index contributed by atoms with van der Waals surface area (Å²) in [6.07, 6.45) is 0. The van der Waals surface area contributed by atoms with Gasteiger partial charge in [0.05, 0.1) is 0 Å². The van der Waals surface area contributed by atoms with E-state index in [1.54, 1.807) is 18.2 Å². The molecule has 0 aliphatic rings. The number of benzene rings is 2. The molecular formula is C17H9ClF2O4. The average Bonchev–Trinajstić information content (AvgIpc) is 2.57. The molecule has 2 aromatic carbocycles. The van der Waals surface area contributed by atoms with Crippen molar-refractivity contribution in [2.75, 3.05) is 0 Å². The van der Waals surface area contributed by atoms with Crippen LogP contribution in [0.25, 0.3) is 11.0 Å². The van der Waals surface area contributed by atoms with Gasteiger partial charge in [0.1, 0.15) is 17.0 Å². The second-order valence-electron chi connectivity index (χ2n) is 4.92. The summed E-state index contributed by atoms with van der Waals surface area (Å²) < 4.78 is 36.5. The highest BCUT2D eigenvalue weighted by Crippen LogP contribution is 2.21. The molecule has 0 saturated heterocycles. The Balaban J connectivity index is 2.01. The molecule has 3 rings (SSSR count). The molecule has 122 valence electrons. The number of carbonyl (C=O) groups excluding carboxylic acids is 1. The smallest absolute Gasteiger partial charge is 0.351 e. The third-order valence-corrected chi connectivity index (χ3v) is 3.58. The van der Waals surface area contributed by atoms with Crippen molar-refractivity contribution in [3.8, 4) is 5.75 Å². The van der Waals surface area contributed by atoms with Crippen LogP contribution < -0.4 is 10.4 Å². The molecule has 0 amide bonds. The lowest BCUT2D eigenvalue weighted by Gasteiger charge is -2.06. The summed E-state index contributed by atoms with van der Waals surface area (Å²) in [7, 11) is 0. The van der Waals surface area contributed by atoms with Crippen LogP contribution in [0, 0.1) is 11.6 Å². The molecule has 4 nitrogen and oxygen atoms in total. The first-order valence-corrected chi connectivity index (χ1v) is 7.31. The molecule has 0 bridgehead atoms. The van der Waals surface area contributed by atoms with Gasteiger partial charge in [0.15, 0.2) is 11.6 Å². The van der Waals surface area contributed by atoms with Gasteiger partial charge in [-0.2, -0.15) is 0 Å². The summed E-state index contributed by atoms with van der Waals surface area (Å²) in [6.45, 7) is 0. The van der Waals surface area contributed by atoms with Crippen LogP contribution in [0.4, 0.5) is 8.78 Å². The van der Waals surface area contributed by atoms with Crippen molar-refractivity contribution in [3.05, 3.63) is 75.6 Å². The number of ether oxygens (including phenoxy) is 1. The van der Waals surface area contributed by atoms with Gasteiger partial charge < -0.3 is 9.15 Å². The molecule has 7 heteroatoms. The van der Waals surface area contributed by atoms with Crippen molar-refractivity contribution in [1.29, 1.82) is 0 Å². The van der Waals surface area contributed by atoms with Crippen LogP contribution in [-0.4, -0.2) is 5.97 Å². The van der Waals surface area contributed by atoms with E-state index < -0.39 is 34.5 Å². The fourth-order valence-electron chi connectivity index (χ4n) is 2.11. The molecule has 1 aromatic heterocycles. The largest absolute Gasteiger partial charge is 0.422 e. The van der Waals surface area contributed by atoms with E-state index in [0.29, 0.717) is 11.5 Å². The second kappa shape index (κ2) is 6.41. The minimum Gasteiger partial charge on any atom is -0.422 e. The fourth-order valence-corrected chi connectivity index (χ4v) is 2.27. The van der Waals surface area contributed by atoms with E-state index in [9.17, 15) is 18.4 Å². The monoisotopic (exact) mass is 350 g/mol. The first-order valence-electron chi connectivity index (χ1n) is 6.78. The third kappa shape index (κ3) is 3.14. The van der Waals surface area contributed by atoms with Crippen molar-refractivity contribution >= 4 is 28.5 Å². The maximum Gasteiger partial charge on any atom is 0.351 e. The first kappa shape index (κ1) is 16.1. The lowest BCUT2D eigenvalue weighted by Crippen LogP contribution is -2.19. The Morgan fingerprint density at radius 3 is 2.67 bits per heavy atom. The summed E-state index contributed by atoms with van der Waals surface area (Å²) in [6, 6.07) is 8.54. The second-order valence-corrected chi connectivity index (χ2v) is 5.18. The predicted molar refractivity (Wildman–Crippen MR) is 83.4 cm³/mol. The molecule has 0 unspecified atom stereocenters. The number of fused-ring (bicyclic) bond motifs is 1. The van der Waals surface area contributed by atoms with Gasteiger partial charge in [-0.3, -0.25) is 0 Å². The first-order chi connectivity index (χ1) is 11.5. The van der Waals surface area contributed by atoms with E-state index in [2.05, 4.69) is 0 Å². The van der Waals surface area contributed by atoms with Gasteiger partial charge in [-0.05, 0) is 35.9 Å². The van der Waals surface area contributed by atoms with Crippen LogP contribution in [0.1, 0.15) is 15.9 Å². The number of hydrogen-bond donors (Lipinski definition) is 0. The van der Waals surface area contributed by atoms with Crippen LogP contribution in [0.15, 0.2) is 51.7 Å². The quantitative estimate of drug-likeness (QED) is 0.310. The van der Waals surface area contributed by atoms with E-state index in [-0.39, 0.29) is 11.5 Å². The van der Waals surface area contributed by atoms with Crippen LogP contribution in [0.5, 0.6) is 5.75 Å². The van der Waals surface area contributed by atoms with Crippen molar-refractivity contribution in [2.24, 2.45) is 0 Å². The van der Waals surface area contributed by atoms with E-state index in [0.717, 1.165) is 17.7 Å². The minimum absolute atomic E-state index is 0.239. The lowest BCUT2D eigenvalue weighted by molar-refractivity contribution is 0.0723. The van der Waals surface area contributed by atoms with Gasteiger partial charge in [-0.25, -0.2) is 18.4 Å². The Morgan fingerprint density at radius 2 is 1.92 bits per heavy atom. The highest BCUT2D eigenvalue weighted by molar-refractivity contribution is 6.17. The average molecular weight is 351 g/mol. The van der Waals surface area contributed by atoms with Gasteiger partial charge in [0.2, 0.25) is 0 Å². The molecule has 0 spiro atoms. The number of halogens is 3.